The minimum atomic E-state index is -1.31. The van der Waals surface area contributed by atoms with Gasteiger partial charge in [-0.15, -0.1) is 0 Å². The molecule has 0 saturated heterocycles. The average molecular weight is 348 g/mol. The van der Waals surface area contributed by atoms with Crippen LogP contribution in [0.15, 0.2) is 48.5 Å². The Kier molecular flexibility index (Phi) is 6.16. The molecule has 2 N–H and O–H groups in total. The molecule has 0 fully saturated rings. The van der Waals surface area contributed by atoms with E-state index in [4.69, 9.17) is 4.74 Å². The van der Waals surface area contributed by atoms with E-state index in [-0.39, 0.29) is 6.61 Å². The molecule has 0 heterocycles. The summed E-state index contributed by atoms with van der Waals surface area (Å²) < 4.78 is 31.7. The number of hydrogen-bond donors (Lipinski definition) is 2. The molecule has 25 heavy (non-hydrogen) atoms. The van der Waals surface area contributed by atoms with E-state index < -0.39 is 41.7 Å². The van der Waals surface area contributed by atoms with Crippen LogP contribution in [-0.2, 0) is 25.7 Å². The molecule has 2 aromatic carbocycles. The molecule has 0 bridgehead atoms. The van der Waals surface area contributed by atoms with Gasteiger partial charge in [0.05, 0.1) is 0 Å². The molecule has 0 saturated carbocycles. The van der Waals surface area contributed by atoms with Crippen LogP contribution in [-0.4, -0.2) is 24.3 Å². The van der Waals surface area contributed by atoms with Crippen molar-refractivity contribution in [1.82, 2.24) is 5.32 Å². The zero-order valence-corrected chi connectivity index (χ0v) is 12.9. The van der Waals surface area contributed by atoms with E-state index in [1.165, 1.54) is 0 Å². The summed E-state index contributed by atoms with van der Waals surface area (Å²) in [7, 11) is 0. The maximum atomic E-state index is 13.4. The first kappa shape index (κ1) is 18.1. The van der Waals surface area contributed by atoms with Crippen molar-refractivity contribution in [2.45, 2.75) is 6.61 Å². The Labute approximate surface area is 141 Å². The second-order valence-corrected chi connectivity index (χ2v) is 4.88. The molecule has 0 aliphatic heterocycles. The number of halogens is 2. The normalized spacial score (nSPS) is 10.0. The third-order valence-corrected chi connectivity index (χ3v) is 3.04. The molecule has 0 unspecified atom stereocenters. The molecule has 0 aromatic heterocycles. The van der Waals surface area contributed by atoms with Gasteiger partial charge >= 0.3 is 17.8 Å². The fourth-order valence-electron chi connectivity index (χ4n) is 1.81. The van der Waals surface area contributed by atoms with Crippen molar-refractivity contribution in [2.24, 2.45) is 0 Å². The quantitative estimate of drug-likeness (QED) is 0.637. The molecular formula is C17H14F2N2O4. The highest BCUT2D eigenvalue weighted by atomic mass is 19.1. The zero-order valence-electron chi connectivity index (χ0n) is 12.9. The number of carbonyl (C=O) groups is 3. The number of amides is 2. The smallest absolute Gasteiger partial charge is 0.325 e. The Bertz CT molecular complexity index is 761. The van der Waals surface area contributed by atoms with Crippen LogP contribution in [0.5, 0.6) is 0 Å². The van der Waals surface area contributed by atoms with Gasteiger partial charge in [0.1, 0.15) is 30.5 Å². The van der Waals surface area contributed by atoms with Crippen LogP contribution < -0.4 is 10.6 Å². The standard InChI is InChI=1S/C17H14F2N2O4/c18-12-7-4-8-13(19)15(12)21-17(24)16(23)20-9-14(22)25-10-11-5-2-1-3-6-11/h1-8H,9-10H2,(H,20,23)(H,21,24). The molecule has 0 aliphatic rings. The van der Waals surface area contributed by atoms with E-state index in [1.54, 1.807) is 29.6 Å². The highest BCUT2D eigenvalue weighted by Gasteiger charge is 2.19. The van der Waals surface area contributed by atoms with Crippen LogP contribution in [0.3, 0.4) is 0 Å². The lowest BCUT2D eigenvalue weighted by Crippen LogP contribution is -2.39. The number of esters is 1. The van der Waals surface area contributed by atoms with Crippen molar-refractivity contribution in [3.63, 3.8) is 0 Å². The van der Waals surface area contributed by atoms with Crippen LogP contribution in [0, 0.1) is 11.6 Å². The van der Waals surface area contributed by atoms with Gasteiger partial charge in [-0.2, -0.15) is 0 Å². The Morgan fingerprint density at radius 3 is 2.16 bits per heavy atom. The molecule has 0 spiro atoms. The summed E-state index contributed by atoms with van der Waals surface area (Å²) in [6.45, 7) is -0.541. The second-order valence-electron chi connectivity index (χ2n) is 4.88. The molecule has 2 amide bonds. The number of benzene rings is 2. The fraction of sp³-hybridized carbons (Fsp3) is 0.118. The summed E-state index contributed by atoms with van der Waals surface area (Å²) in [6, 6.07) is 11.8. The molecule has 0 aliphatic carbocycles. The first-order valence-corrected chi connectivity index (χ1v) is 7.20. The molecule has 8 heteroatoms. The number of para-hydroxylation sites is 1. The lowest BCUT2D eigenvalue weighted by molar-refractivity contribution is -0.145. The van der Waals surface area contributed by atoms with E-state index in [2.05, 4.69) is 0 Å². The van der Waals surface area contributed by atoms with Gasteiger partial charge in [0.15, 0.2) is 0 Å². The van der Waals surface area contributed by atoms with Crippen LogP contribution in [0.25, 0.3) is 0 Å². The third kappa shape index (κ3) is 5.38. The van der Waals surface area contributed by atoms with Crippen molar-refractivity contribution < 1.29 is 27.9 Å². The van der Waals surface area contributed by atoms with Crippen LogP contribution >= 0.6 is 0 Å². The summed E-state index contributed by atoms with van der Waals surface area (Å²) >= 11 is 0. The SMILES string of the molecule is O=C(CNC(=O)C(=O)Nc1c(F)cccc1F)OCc1ccccc1. The number of ether oxygens (including phenoxy) is 1. The van der Waals surface area contributed by atoms with Gasteiger partial charge in [0.25, 0.3) is 0 Å². The van der Waals surface area contributed by atoms with Gasteiger partial charge in [0.2, 0.25) is 0 Å². The first-order valence-electron chi connectivity index (χ1n) is 7.20. The van der Waals surface area contributed by atoms with E-state index >= 15 is 0 Å². The Balaban J connectivity index is 1.79. The summed E-state index contributed by atoms with van der Waals surface area (Å²) in [6.07, 6.45) is 0. The summed E-state index contributed by atoms with van der Waals surface area (Å²) in [5.74, 6) is -5.34. The van der Waals surface area contributed by atoms with Gasteiger partial charge < -0.3 is 15.4 Å². The number of carbonyl (C=O) groups excluding carboxylic acids is 3. The van der Waals surface area contributed by atoms with Crippen LogP contribution in [0.1, 0.15) is 5.56 Å². The van der Waals surface area contributed by atoms with E-state index in [0.717, 1.165) is 23.8 Å². The summed E-state index contributed by atoms with van der Waals surface area (Å²) in [4.78, 5) is 34.7. The van der Waals surface area contributed by atoms with Crippen LogP contribution in [0.2, 0.25) is 0 Å². The number of rotatable bonds is 5. The summed E-state index contributed by atoms with van der Waals surface area (Å²) in [5.41, 5.74) is 0.0178. The van der Waals surface area contributed by atoms with Crippen molar-refractivity contribution in [3.8, 4) is 0 Å². The average Bonchev–Trinajstić information content (AvgIpc) is 2.61. The Morgan fingerprint density at radius 2 is 1.52 bits per heavy atom. The van der Waals surface area contributed by atoms with Gasteiger partial charge in [-0.3, -0.25) is 14.4 Å². The maximum Gasteiger partial charge on any atom is 0.325 e. The van der Waals surface area contributed by atoms with Gasteiger partial charge in [-0.05, 0) is 17.7 Å². The van der Waals surface area contributed by atoms with E-state index in [0.29, 0.717) is 0 Å². The van der Waals surface area contributed by atoms with E-state index in [1.807, 2.05) is 11.4 Å². The van der Waals surface area contributed by atoms with Gasteiger partial charge in [0, 0.05) is 0 Å². The predicted octanol–water partition coefficient (Wildman–Crippen LogP) is 1.76. The lowest BCUT2D eigenvalue weighted by Gasteiger charge is -2.08. The highest BCUT2D eigenvalue weighted by molar-refractivity contribution is 6.39. The molecule has 0 atom stereocenters. The lowest BCUT2D eigenvalue weighted by atomic mass is 10.2. The number of nitrogens with one attached hydrogen (secondary N) is 2. The Hall–Kier alpha value is -3.29. The molecule has 0 radical (unpaired) electrons. The molecule has 6 nitrogen and oxygen atoms in total. The molecule has 130 valence electrons. The predicted molar refractivity (Wildman–Crippen MR) is 84.2 cm³/mol. The van der Waals surface area contributed by atoms with Crippen LogP contribution in [0.4, 0.5) is 14.5 Å². The minimum Gasteiger partial charge on any atom is -0.460 e. The highest BCUT2D eigenvalue weighted by Crippen LogP contribution is 2.17. The van der Waals surface area contributed by atoms with Crippen molar-refractivity contribution in [2.75, 3.05) is 11.9 Å². The monoisotopic (exact) mass is 348 g/mol. The molecule has 2 rings (SSSR count). The summed E-state index contributed by atoms with van der Waals surface area (Å²) in [5, 5.41) is 3.81. The molecular weight excluding hydrogens is 334 g/mol. The largest absolute Gasteiger partial charge is 0.460 e. The Morgan fingerprint density at radius 1 is 0.880 bits per heavy atom. The zero-order chi connectivity index (χ0) is 18.2. The van der Waals surface area contributed by atoms with E-state index in [9.17, 15) is 23.2 Å². The first-order chi connectivity index (χ1) is 12.0. The fourth-order valence-corrected chi connectivity index (χ4v) is 1.81. The van der Waals surface area contributed by atoms with Crippen molar-refractivity contribution >= 4 is 23.5 Å². The van der Waals surface area contributed by atoms with Gasteiger partial charge in [-0.1, -0.05) is 36.4 Å². The molecule has 2 aromatic rings. The second kappa shape index (κ2) is 8.53. The van der Waals surface area contributed by atoms with Crippen molar-refractivity contribution in [3.05, 3.63) is 65.7 Å². The topological polar surface area (TPSA) is 84.5 Å². The third-order valence-electron chi connectivity index (χ3n) is 3.04. The maximum absolute atomic E-state index is 13.4. The van der Waals surface area contributed by atoms with Crippen molar-refractivity contribution in [1.29, 1.82) is 0 Å². The number of anilines is 1. The van der Waals surface area contributed by atoms with Gasteiger partial charge in [-0.25, -0.2) is 8.78 Å². The minimum absolute atomic E-state index is 0.0160. The number of hydrogen-bond acceptors (Lipinski definition) is 4.